The summed E-state index contributed by atoms with van der Waals surface area (Å²) in [6, 6.07) is 7.68. The Bertz CT molecular complexity index is 556. The zero-order chi connectivity index (χ0) is 16.2. The third-order valence-corrected chi connectivity index (χ3v) is 4.87. The monoisotopic (exact) mass is 315 g/mol. The number of piperazine rings is 1. The molecule has 2 heterocycles. The second kappa shape index (κ2) is 7.13. The molecule has 2 saturated heterocycles. The molecule has 1 aromatic carbocycles. The molecule has 2 aliphatic heterocycles. The Kier molecular flexibility index (Phi) is 4.96. The largest absolute Gasteiger partial charge is 0.339 e. The minimum Gasteiger partial charge on any atom is -0.339 e. The topological polar surface area (TPSA) is 52.7 Å². The number of hydrogen-bond donors (Lipinski definition) is 1. The zero-order valence-corrected chi connectivity index (χ0v) is 13.8. The Morgan fingerprint density at radius 1 is 0.957 bits per heavy atom. The normalized spacial score (nSPS) is 19.7. The van der Waals surface area contributed by atoms with Crippen molar-refractivity contribution in [2.75, 3.05) is 39.3 Å². The van der Waals surface area contributed by atoms with Crippen molar-refractivity contribution < 1.29 is 9.59 Å². The molecule has 0 aromatic heterocycles. The van der Waals surface area contributed by atoms with E-state index in [0.717, 1.165) is 37.1 Å². The molecule has 2 aliphatic rings. The molecular weight excluding hydrogens is 290 g/mol. The number of nitrogens with zero attached hydrogens (tertiary/aromatic N) is 2. The Hall–Kier alpha value is -1.88. The number of carbonyl (C=O) groups excluding carboxylic acids is 2. The van der Waals surface area contributed by atoms with E-state index in [1.807, 2.05) is 41.0 Å². The minimum absolute atomic E-state index is 0.0685. The highest BCUT2D eigenvalue weighted by Crippen LogP contribution is 2.17. The summed E-state index contributed by atoms with van der Waals surface area (Å²) in [5.74, 6) is 0.503. The Morgan fingerprint density at radius 3 is 2.13 bits per heavy atom. The smallest absolute Gasteiger partial charge is 0.253 e. The van der Waals surface area contributed by atoms with Crippen molar-refractivity contribution in [2.45, 2.75) is 19.8 Å². The first-order chi connectivity index (χ1) is 11.1. The average Bonchev–Trinajstić information content (AvgIpc) is 2.62. The van der Waals surface area contributed by atoms with Crippen molar-refractivity contribution in [1.29, 1.82) is 0 Å². The molecule has 2 amide bonds. The van der Waals surface area contributed by atoms with Crippen LogP contribution in [0.2, 0.25) is 0 Å². The van der Waals surface area contributed by atoms with Gasteiger partial charge in [-0.2, -0.15) is 0 Å². The van der Waals surface area contributed by atoms with Crippen molar-refractivity contribution in [3.8, 4) is 0 Å². The zero-order valence-electron chi connectivity index (χ0n) is 13.8. The van der Waals surface area contributed by atoms with Crippen molar-refractivity contribution in [3.63, 3.8) is 0 Å². The molecule has 0 saturated carbocycles. The summed E-state index contributed by atoms with van der Waals surface area (Å²) < 4.78 is 0. The van der Waals surface area contributed by atoms with Gasteiger partial charge in [0.1, 0.15) is 0 Å². The van der Waals surface area contributed by atoms with E-state index < -0.39 is 0 Å². The van der Waals surface area contributed by atoms with Crippen LogP contribution in [0.1, 0.15) is 28.8 Å². The van der Waals surface area contributed by atoms with Gasteiger partial charge in [0.05, 0.1) is 0 Å². The van der Waals surface area contributed by atoms with Gasteiger partial charge in [-0.25, -0.2) is 0 Å². The van der Waals surface area contributed by atoms with Gasteiger partial charge in [0.25, 0.3) is 5.91 Å². The number of amides is 2. The molecule has 0 radical (unpaired) electrons. The summed E-state index contributed by atoms with van der Waals surface area (Å²) in [7, 11) is 0. The lowest BCUT2D eigenvalue weighted by Gasteiger charge is -2.37. The van der Waals surface area contributed by atoms with Crippen LogP contribution < -0.4 is 5.32 Å². The SMILES string of the molecule is Cc1ccc(C(=O)N2CCN(C(=O)C3CCNCC3)CC2)cc1. The minimum atomic E-state index is 0.0685. The standard InChI is InChI=1S/C18H25N3O2/c1-14-2-4-15(5-3-14)17(22)20-10-12-21(13-11-20)18(23)16-6-8-19-9-7-16/h2-5,16,19H,6-13H2,1H3. The number of rotatable bonds is 2. The van der Waals surface area contributed by atoms with Crippen LogP contribution >= 0.6 is 0 Å². The second-order valence-electron chi connectivity index (χ2n) is 6.51. The van der Waals surface area contributed by atoms with Crippen molar-refractivity contribution in [3.05, 3.63) is 35.4 Å². The van der Waals surface area contributed by atoms with Crippen LogP contribution in [0.15, 0.2) is 24.3 Å². The first kappa shape index (κ1) is 16.0. The van der Waals surface area contributed by atoms with E-state index in [0.29, 0.717) is 26.2 Å². The summed E-state index contributed by atoms with van der Waals surface area (Å²) in [5.41, 5.74) is 1.88. The first-order valence-electron chi connectivity index (χ1n) is 8.50. The van der Waals surface area contributed by atoms with E-state index >= 15 is 0 Å². The van der Waals surface area contributed by atoms with Crippen LogP contribution in [0.4, 0.5) is 0 Å². The number of benzene rings is 1. The van der Waals surface area contributed by atoms with Crippen LogP contribution in [-0.4, -0.2) is 60.9 Å². The predicted octanol–water partition coefficient (Wildman–Crippen LogP) is 1.28. The maximum atomic E-state index is 12.5. The number of piperidine rings is 1. The highest BCUT2D eigenvalue weighted by atomic mass is 16.2. The van der Waals surface area contributed by atoms with Crippen molar-refractivity contribution in [1.82, 2.24) is 15.1 Å². The summed E-state index contributed by atoms with van der Waals surface area (Å²) in [6.45, 7) is 6.44. The van der Waals surface area contributed by atoms with Gasteiger partial charge in [-0.15, -0.1) is 0 Å². The Balaban J connectivity index is 1.54. The third kappa shape index (κ3) is 3.72. The summed E-state index contributed by atoms with van der Waals surface area (Å²) in [6.07, 6.45) is 1.86. The molecule has 1 aromatic rings. The van der Waals surface area contributed by atoms with Gasteiger partial charge in [-0.3, -0.25) is 9.59 Å². The molecule has 3 rings (SSSR count). The van der Waals surface area contributed by atoms with E-state index in [1.165, 1.54) is 0 Å². The molecule has 0 atom stereocenters. The Labute approximate surface area is 137 Å². The van der Waals surface area contributed by atoms with E-state index in [1.54, 1.807) is 0 Å². The first-order valence-corrected chi connectivity index (χ1v) is 8.50. The molecule has 0 unspecified atom stereocenters. The van der Waals surface area contributed by atoms with E-state index in [-0.39, 0.29) is 17.7 Å². The average molecular weight is 315 g/mol. The fourth-order valence-corrected chi connectivity index (χ4v) is 3.34. The van der Waals surface area contributed by atoms with Crippen LogP contribution in [0.5, 0.6) is 0 Å². The van der Waals surface area contributed by atoms with E-state index in [2.05, 4.69) is 5.32 Å². The van der Waals surface area contributed by atoms with Crippen molar-refractivity contribution >= 4 is 11.8 Å². The maximum absolute atomic E-state index is 12.5. The third-order valence-electron chi connectivity index (χ3n) is 4.87. The highest BCUT2D eigenvalue weighted by molar-refractivity contribution is 5.94. The van der Waals surface area contributed by atoms with Crippen LogP contribution in [0.3, 0.4) is 0 Å². The van der Waals surface area contributed by atoms with E-state index in [4.69, 9.17) is 0 Å². The fraction of sp³-hybridized carbons (Fsp3) is 0.556. The summed E-state index contributed by atoms with van der Waals surface area (Å²) in [4.78, 5) is 28.8. The molecular formula is C18H25N3O2. The van der Waals surface area contributed by atoms with Gasteiger partial charge < -0.3 is 15.1 Å². The molecule has 0 spiro atoms. The molecule has 0 bridgehead atoms. The molecule has 23 heavy (non-hydrogen) atoms. The lowest BCUT2D eigenvalue weighted by molar-refractivity contribution is -0.137. The number of carbonyl (C=O) groups is 2. The van der Waals surface area contributed by atoms with Crippen LogP contribution in [0.25, 0.3) is 0 Å². The number of nitrogens with one attached hydrogen (secondary N) is 1. The van der Waals surface area contributed by atoms with Gasteiger partial charge >= 0.3 is 0 Å². The number of aryl methyl sites for hydroxylation is 1. The number of hydrogen-bond acceptors (Lipinski definition) is 3. The molecule has 2 fully saturated rings. The van der Waals surface area contributed by atoms with Crippen LogP contribution in [-0.2, 0) is 4.79 Å². The van der Waals surface area contributed by atoms with E-state index in [9.17, 15) is 9.59 Å². The maximum Gasteiger partial charge on any atom is 0.253 e. The van der Waals surface area contributed by atoms with Gasteiger partial charge in [0.15, 0.2) is 0 Å². The van der Waals surface area contributed by atoms with Gasteiger partial charge in [-0.1, -0.05) is 17.7 Å². The molecule has 124 valence electrons. The highest BCUT2D eigenvalue weighted by Gasteiger charge is 2.29. The summed E-state index contributed by atoms with van der Waals surface area (Å²) >= 11 is 0. The molecule has 5 heteroatoms. The Morgan fingerprint density at radius 2 is 1.52 bits per heavy atom. The quantitative estimate of drug-likeness (QED) is 0.894. The van der Waals surface area contributed by atoms with Gasteiger partial charge in [0.2, 0.25) is 5.91 Å². The molecule has 1 N–H and O–H groups in total. The van der Waals surface area contributed by atoms with Crippen LogP contribution in [0, 0.1) is 12.8 Å². The lowest BCUT2D eigenvalue weighted by Crippen LogP contribution is -2.52. The van der Waals surface area contributed by atoms with Gasteiger partial charge in [0, 0.05) is 37.7 Å². The second-order valence-corrected chi connectivity index (χ2v) is 6.51. The molecule has 5 nitrogen and oxygen atoms in total. The lowest BCUT2D eigenvalue weighted by atomic mass is 9.96. The van der Waals surface area contributed by atoms with Gasteiger partial charge in [-0.05, 0) is 45.0 Å². The predicted molar refractivity (Wildman–Crippen MR) is 89.3 cm³/mol. The summed E-state index contributed by atoms with van der Waals surface area (Å²) in [5, 5.41) is 3.29. The van der Waals surface area contributed by atoms with Crippen molar-refractivity contribution in [2.24, 2.45) is 5.92 Å². The fourth-order valence-electron chi connectivity index (χ4n) is 3.34. The molecule has 0 aliphatic carbocycles.